The molecule has 6 nitrogen and oxygen atoms in total. The number of hydrogen-bond acceptors (Lipinski definition) is 4. The molecule has 0 atom stereocenters. The van der Waals surface area contributed by atoms with Crippen LogP contribution in [0.4, 0.5) is 11.4 Å². The Bertz CT molecular complexity index is 1240. The van der Waals surface area contributed by atoms with Gasteiger partial charge in [0, 0.05) is 5.69 Å². The van der Waals surface area contributed by atoms with Crippen LogP contribution in [-0.4, -0.2) is 22.1 Å². The zero-order valence-electron chi connectivity index (χ0n) is 16.2. The SMILES string of the molecule is Nc1cc(C(=O)O)ccc1Cl.O=C(Nc1ccccc1)c1cc2ccccc2cc1O. The van der Waals surface area contributed by atoms with E-state index in [2.05, 4.69) is 5.32 Å². The molecule has 31 heavy (non-hydrogen) atoms. The topological polar surface area (TPSA) is 113 Å². The molecule has 0 aliphatic rings. The maximum Gasteiger partial charge on any atom is 0.335 e. The lowest BCUT2D eigenvalue weighted by atomic mass is 10.1. The number of carboxylic acids is 1. The molecule has 0 unspecified atom stereocenters. The van der Waals surface area contributed by atoms with Crippen LogP contribution in [0.2, 0.25) is 5.02 Å². The Morgan fingerprint density at radius 2 is 1.45 bits per heavy atom. The van der Waals surface area contributed by atoms with Gasteiger partial charge >= 0.3 is 5.97 Å². The highest BCUT2D eigenvalue weighted by Crippen LogP contribution is 2.25. The molecule has 7 heteroatoms. The number of carbonyl (C=O) groups is 2. The molecule has 0 heterocycles. The predicted molar refractivity (Wildman–Crippen MR) is 123 cm³/mol. The summed E-state index contributed by atoms with van der Waals surface area (Å²) in [6.45, 7) is 0. The molecule has 0 bridgehead atoms. The van der Waals surface area contributed by atoms with Crippen LogP contribution in [0.15, 0.2) is 84.9 Å². The Morgan fingerprint density at radius 1 is 0.839 bits per heavy atom. The number of benzene rings is 4. The van der Waals surface area contributed by atoms with Crippen molar-refractivity contribution in [1.82, 2.24) is 0 Å². The monoisotopic (exact) mass is 434 g/mol. The van der Waals surface area contributed by atoms with E-state index >= 15 is 0 Å². The Balaban J connectivity index is 0.000000210. The summed E-state index contributed by atoms with van der Waals surface area (Å²) < 4.78 is 0. The van der Waals surface area contributed by atoms with E-state index in [1.807, 2.05) is 42.5 Å². The molecule has 0 saturated carbocycles. The summed E-state index contributed by atoms with van der Waals surface area (Å²) in [5.41, 5.74) is 6.76. The average Bonchev–Trinajstić information content (AvgIpc) is 2.76. The maximum absolute atomic E-state index is 12.2. The number of nitrogens with one attached hydrogen (secondary N) is 1. The van der Waals surface area contributed by atoms with Crippen molar-refractivity contribution in [2.45, 2.75) is 0 Å². The molecule has 156 valence electrons. The van der Waals surface area contributed by atoms with Crippen molar-refractivity contribution in [3.8, 4) is 5.75 Å². The number of halogens is 1. The van der Waals surface area contributed by atoms with E-state index in [1.165, 1.54) is 18.2 Å². The number of phenols is 1. The number of carboxylic acid groups (broad SMARTS) is 1. The third-order valence-electron chi connectivity index (χ3n) is 4.38. The Kier molecular flexibility index (Phi) is 6.74. The third-order valence-corrected chi connectivity index (χ3v) is 4.73. The maximum atomic E-state index is 12.2. The number of carbonyl (C=O) groups excluding carboxylic acids is 1. The van der Waals surface area contributed by atoms with Gasteiger partial charge in [-0.15, -0.1) is 0 Å². The molecule has 0 fully saturated rings. The summed E-state index contributed by atoms with van der Waals surface area (Å²) in [6, 6.07) is 24.3. The number of hydrogen-bond donors (Lipinski definition) is 4. The van der Waals surface area contributed by atoms with E-state index in [0.29, 0.717) is 10.7 Å². The Hall–Kier alpha value is -4.03. The number of nitrogen functional groups attached to an aromatic ring is 1. The summed E-state index contributed by atoms with van der Waals surface area (Å²) >= 11 is 5.57. The van der Waals surface area contributed by atoms with E-state index < -0.39 is 5.97 Å². The second-order valence-electron chi connectivity index (χ2n) is 6.58. The summed E-state index contributed by atoms with van der Waals surface area (Å²) in [6.07, 6.45) is 0. The predicted octanol–water partition coefficient (Wildman–Crippen LogP) is 5.42. The number of rotatable bonds is 3. The molecule has 4 aromatic rings. The lowest BCUT2D eigenvalue weighted by Crippen LogP contribution is -2.11. The molecule has 0 saturated heterocycles. The third kappa shape index (κ3) is 5.52. The van der Waals surface area contributed by atoms with Crippen molar-refractivity contribution in [1.29, 1.82) is 0 Å². The van der Waals surface area contributed by atoms with Crippen LogP contribution >= 0.6 is 11.6 Å². The molecule has 4 rings (SSSR count). The number of para-hydroxylation sites is 1. The first-order valence-electron chi connectivity index (χ1n) is 9.21. The second kappa shape index (κ2) is 9.65. The van der Waals surface area contributed by atoms with Gasteiger partial charge in [0.1, 0.15) is 5.75 Å². The van der Waals surface area contributed by atoms with Crippen molar-refractivity contribution in [2.75, 3.05) is 11.1 Å². The van der Waals surface area contributed by atoms with Gasteiger partial charge in [0.15, 0.2) is 0 Å². The van der Waals surface area contributed by atoms with Crippen LogP contribution in [0.1, 0.15) is 20.7 Å². The number of anilines is 2. The van der Waals surface area contributed by atoms with E-state index in [9.17, 15) is 14.7 Å². The van der Waals surface area contributed by atoms with Crippen LogP contribution in [0.25, 0.3) is 10.8 Å². The molecule has 4 aromatic carbocycles. The van der Waals surface area contributed by atoms with Gasteiger partial charge in [-0.25, -0.2) is 4.79 Å². The highest BCUT2D eigenvalue weighted by atomic mass is 35.5. The fourth-order valence-electron chi connectivity index (χ4n) is 2.81. The van der Waals surface area contributed by atoms with Gasteiger partial charge < -0.3 is 21.3 Å². The van der Waals surface area contributed by atoms with Crippen molar-refractivity contribution >= 4 is 45.6 Å². The van der Waals surface area contributed by atoms with Crippen LogP contribution < -0.4 is 11.1 Å². The lowest BCUT2D eigenvalue weighted by molar-refractivity contribution is 0.0696. The highest BCUT2D eigenvalue weighted by Gasteiger charge is 2.12. The average molecular weight is 435 g/mol. The van der Waals surface area contributed by atoms with E-state index in [-0.39, 0.29) is 28.5 Å². The van der Waals surface area contributed by atoms with Crippen LogP contribution in [-0.2, 0) is 0 Å². The highest BCUT2D eigenvalue weighted by molar-refractivity contribution is 6.33. The van der Waals surface area contributed by atoms with Crippen molar-refractivity contribution < 1.29 is 19.8 Å². The van der Waals surface area contributed by atoms with Crippen molar-refractivity contribution in [3.05, 3.63) is 101 Å². The number of amides is 1. The zero-order chi connectivity index (χ0) is 22.4. The van der Waals surface area contributed by atoms with Gasteiger partial charge in [-0.3, -0.25) is 4.79 Å². The van der Waals surface area contributed by atoms with Crippen molar-refractivity contribution in [3.63, 3.8) is 0 Å². The number of aromatic carboxylic acids is 1. The minimum Gasteiger partial charge on any atom is -0.507 e. The number of aromatic hydroxyl groups is 1. The molecule has 0 radical (unpaired) electrons. The Morgan fingerprint density at radius 3 is 2.06 bits per heavy atom. The van der Waals surface area contributed by atoms with Crippen LogP contribution in [0.5, 0.6) is 5.75 Å². The van der Waals surface area contributed by atoms with Gasteiger partial charge in [-0.2, -0.15) is 0 Å². The first kappa shape index (κ1) is 21.7. The molecular weight excluding hydrogens is 416 g/mol. The smallest absolute Gasteiger partial charge is 0.335 e. The van der Waals surface area contributed by atoms with Crippen LogP contribution in [0, 0.1) is 0 Å². The zero-order valence-corrected chi connectivity index (χ0v) is 17.0. The molecular formula is C24H19ClN2O4. The Labute approximate surface area is 183 Å². The van der Waals surface area contributed by atoms with Crippen LogP contribution in [0.3, 0.4) is 0 Å². The van der Waals surface area contributed by atoms with Crippen molar-refractivity contribution in [2.24, 2.45) is 0 Å². The molecule has 0 spiro atoms. The lowest BCUT2D eigenvalue weighted by Gasteiger charge is -2.08. The standard InChI is InChI=1S/C17H13NO2.C7H6ClNO2/c19-16-11-13-7-5-4-6-12(13)10-15(16)17(20)18-14-8-2-1-3-9-14;8-5-2-1-4(7(10)11)3-6(5)9/h1-11,19H,(H,18,20);1-3H,9H2,(H,10,11). The fraction of sp³-hybridized carbons (Fsp3) is 0. The molecule has 0 aromatic heterocycles. The van der Waals surface area contributed by atoms with Gasteiger partial charge in [-0.1, -0.05) is 54.1 Å². The van der Waals surface area contributed by atoms with Gasteiger partial charge in [-0.05, 0) is 53.2 Å². The molecule has 0 aliphatic heterocycles. The van der Waals surface area contributed by atoms with E-state index in [0.717, 1.165) is 10.8 Å². The van der Waals surface area contributed by atoms with Gasteiger partial charge in [0.2, 0.25) is 0 Å². The quantitative estimate of drug-likeness (QED) is 0.322. The number of nitrogens with two attached hydrogens (primary N) is 1. The first-order chi connectivity index (χ1) is 14.8. The summed E-state index contributed by atoms with van der Waals surface area (Å²) in [4.78, 5) is 22.6. The summed E-state index contributed by atoms with van der Waals surface area (Å²) in [5, 5.41) is 23.5. The second-order valence-corrected chi connectivity index (χ2v) is 6.99. The number of phenolic OH excluding ortho intramolecular Hbond substituents is 1. The molecule has 0 aliphatic carbocycles. The van der Waals surface area contributed by atoms with Gasteiger partial charge in [0.05, 0.1) is 21.8 Å². The normalized spacial score (nSPS) is 10.1. The van der Waals surface area contributed by atoms with E-state index in [4.69, 9.17) is 22.4 Å². The summed E-state index contributed by atoms with van der Waals surface area (Å²) in [5.74, 6) is -1.34. The largest absolute Gasteiger partial charge is 0.507 e. The van der Waals surface area contributed by atoms with Gasteiger partial charge in [0.25, 0.3) is 5.91 Å². The fourth-order valence-corrected chi connectivity index (χ4v) is 2.92. The van der Waals surface area contributed by atoms with E-state index in [1.54, 1.807) is 24.3 Å². The number of fused-ring (bicyclic) bond motifs is 1. The minimum atomic E-state index is -1.01. The molecule has 5 N–H and O–H groups in total. The summed E-state index contributed by atoms with van der Waals surface area (Å²) in [7, 11) is 0. The first-order valence-corrected chi connectivity index (χ1v) is 9.59. The molecule has 1 amide bonds. The minimum absolute atomic E-state index is 0.0165.